The van der Waals surface area contributed by atoms with Crippen molar-refractivity contribution in [3.63, 3.8) is 0 Å². The standard InChI is InChI=1S/C14H30N2/c1-5-16(12(2)3)11-14(10-15)8-6-13(4)7-9-14/h12-13H,5-11,15H2,1-4H3. The highest BCUT2D eigenvalue weighted by Crippen LogP contribution is 2.38. The topological polar surface area (TPSA) is 29.3 Å². The van der Waals surface area contributed by atoms with Crippen molar-refractivity contribution in [1.82, 2.24) is 4.90 Å². The molecular weight excluding hydrogens is 196 g/mol. The molecule has 1 fully saturated rings. The Hall–Kier alpha value is -0.0800. The van der Waals surface area contributed by atoms with Gasteiger partial charge in [-0.3, -0.25) is 0 Å². The van der Waals surface area contributed by atoms with Crippen LogP contribution in [0.2, 0.25) is 0 Å². The summed E-state index contributed by atoms with van der Waals surface area (Å²) in [6.07, 6.45) is 5.39. The first-order chi connectivity index (χ1) is 7.53. The lowest BCUT2D eigenvalue weighted by molar-refractivity contribution is 0.0812. The van der Waals surface area contributed by atoms with Crippen LogP contribution in [0.1, 0.15) is 53.4 Å². The minimum atomic E-state index is 0.410. The predicted octanol–water partition coefficient (Wildman–Crippen LogP) is 2.87. The Balaban J connectivity index is 2.59. The summed E-state index contributed by atoms with van der Waals surface area (Å²) in [6.45, 7) is 12.4. The second-order valence-corrected chi connectivity index (χ2v) is 6.04. The Labute approximate surface area is 102 Å². The van der Waals surface area contributed by atoms with Gasteiger partial charge in [-0.15, -0.1) is 0 Å². The molecule has 2 nitrogen and oxygen atoms in total. The lowest BCUT2D eigenvalue weighted by Gasteiger charge is -2.43. The number of rotatable bonds is 5. The van der Waals surface area contributed by atoms with Crippen molar-refractivity contribution >= 4 is 0 Å². The smallest absolute Gasteiger partial charge is 0.00527 e. The van der Waals surface area contributed by atoms with E-state index in [4.69, 9.17) is 5.73 Å². The van der Waals surface area contributed by atoms with Crippen LogP contribution in [0, 0.1) is 11.3 Å². The molecule has 0 radical (unpaired) electrons. The number of hydrogen-bond donors (Lipinski definition) is 1. The lowest BCUT2D eigenvalue weighted by atomic mass is 9.70. The molecule has 0 aromatic heterocycles. The average molecular weight is 226 g/mol. The van der Waals surface area contributed by atoms with Crippen LogP contribution in [-0.2, 0) is 0 Å². The number of nitrogens with two attached hydrogens (primary N) is 1. The first kappa shape index (κ1) is 14.0. The Bertz CT molecular complexity index is 193. The van der Waals surface area contributed by atoms with Crippen LogP contribution in [0.5, 0.6) is 0 Å². The third-order valence-electron chi connectivity index (χ3n) is 4.44. The maximum atomic E-state index is 6.06. The van der Waals surface area contributed by atoms with Gasteiger partial charge in [0.1, 0.15) is 0 Å². The van der Waals surface area contributed by atoms with Gasteiger partial charge in [-0.2, -0.15) is 0 Å². The van der Waals surface area contributed by atoms with E-state index < -0.39 is 0 Å². The van der Waals surface area contributed by atoms with E-state index >= 15 is 0 Å². The summed E-state index contributed by atoms with van der Waals surface area (Å²) in [5.74, 6) is 0.911. The van der Waals surface area contributed by atoms with E-state index in [0.717, 1.165) is 19.0 Å². The zero-order valence-electron chi connectivity index (χ0n) is 11.6. The molecule has 1 rings (SSSR count). The molecule has 0 saturated heterocycles. The second-order valence-electron chi connectivity index (χ2n) is 6.04. The summed E-state index contributed by atoms with van der Waals surface area (Å²) in [4.78, 5) is 2.57. The van der Waals surface area contributed by atoms with Gasteiger partial charge < -0.3 is 10.6 Å². The Kier molecular flexibility index (Phi) is 5.26. The van der Waals surface area contributed by atoms with E-state index in [9.17, 15) is 0 Å². The summed E-state index contributed by atoms with van der Waals surface area (Å²) >= 11 is 0. The minimum Gasteiger partial charge on any atom is -0.330 e. The van der Waals surface area contributed by atoms with Gasteiger partial charge in [0.05, 0.1) is 0 Å². The van der Waals surface area contributed by atoms with Gasteiger partial charge in [0.15, 0.2) is 0 Å². The third-order valence-corrected chi connectivity index (χ3v) is 4.44. The average Bonchev–Trinajstić information content (AvgIpc) is 2.28. The molecule has 1 aliphatic carbocycles. The summed E-state index contributed by atoms with van der Waals surface area (Å²) in [5, 5.41) is 0. The number of nitrogens with zero attached hydrogens (tertiary/aromatic N) is 1. The van der Waals surface area contributed by atoms with Crippen molar-refractivity contribution in [3.05, 3.63) is 0 Å². The second kappa shape index (κ2) is 6.02. The van der Waals surface area contributed by atoms with Crippen molar-refractivity contribution in [2.24, 2.45) is 17.1 Å². The van der Waals surface area contributed by atoms with Crippen LogP contribution in [-0.4, -0.2) is 30.6 Å². The van der Waals surface area contributed by atoms with Gasteiger partial charge in [-0.25, -0.2) is 0 Å². The minimum absolute atomic E-state index is 0.410. The largest absolute Gasteiger partial charge is 0.330 e. The highest BCUT2D eigenvalue weighted by molar-refractivity contribution is 4.88. The molecular formula is C14H30N2. The van der Waals surface area contributed by atoms with E-state index in [1.807, 2.05) is 0 Å². The monoisotopic (exact) mass is 226 g/mol. The van der Waals surface area contributed by atoms with Crippen molar-refractivity contribution in [2.75, 3.05) is 19.6 Å². The highest BCUT2D eigenvalue weighted by Gasteiger charge is 2.34. The molecule has 0 aromatic rings. The third kappa shape index (κ3) is 3.46. The van der Waals surface area contributed by atoms with Crippen molar-refractivity contribution < 1.29 is 0 Å². The predicted molar refractivity (Wildman–Crippen MR) is 71.5 cm³/mol. The van der Waals surface area contributed by atoms with Crippen LogP contribution in [0.3, 0.4) is 0 Å². The molecule has 96 valence electrons. The quantitative estimate of drug-likeness (QED) is 0.781. The first-order valence-electron chi connectivity index (χ1n) is 6.97. The highest BCUT2D eigenvalue weighted by atomic mass is 15.1. The molecule has 1 saturated carbocycles. The van der Waals surface area contributed by atoms with Crippen molar-refractivity contribution in [1.29, 1.82) is 0 Å². The molecule has 0 aromatic carbocycles. The van der Waals surface area contributed by atoms with Gasteiger partial charge >= 0.3 is 0 Å². The molecule has 0 aliphatic heterocycles. The van der Waals surface area contributed by atoms with Crippen LogP contribution >= 0.6 is 0 Å². The fourth-order valence-electron chi connectivity index (χ4n) is 2.89. The summed E-state index contributed by atoms with van der Waals surface area (Å²) in [6, 6.07) is 0.646. The molecule has 0 atom stereocenters. The Morgan fingerprint density at radius 3 is 2.25 bits per heavy atom. The molecule has 0 amide bonds. The van der Waals surface area contributed by atoms with Crippen LogP contribution in [0.4, 0.5) is 0 Å². The van der Waals surface area contributed by atoms with E-state index in [0.29, 0.717) is 11.5 Å². The molecule has 2 heteroatoms. The fourth-order valence-corrected chi connectivity index (χ4v) is 2.89. The maximum Gasteiger partial charge on any atom is 0.00527 e. The summed E-state index contributed by atoms with van der Waals surface area (Å²) < 4.78 is 0. The van der Waals surface area contributed by atoms with Gasteiger partial charge in [0.2, 0.25) is 0 Å². The zero-order chi connectivity index (χ0) is 12.2. The van der Waals surface area contributed by atoms with E-state index in [-0.39, 0.29) is 0 Å². The van der Waals surface area contributed by atoms with Gasteiger partial charge in [-0.1, -0.05) is 26.7 Å². The van der Waals surface area contributed by atoms with Crippen molar-refractivity contribution in [2.45, 2.75) is 59.4 Å². The molecule has 0 bridgehead atoms. The molecule has 1 aliphatic rings. The Morgan fingerprint density at radius 2 is 1.88 bits per heavy atom. The van der Waals surface area contributed by atoms with E-state index in [1.165, 1.54) is 32.2 Å². The molecule has 16 heavy (non-hydrogen) atoms. The van der Waals surface area contributed by atoms with Crippen molar-refractivity contribution in [3.8, 4) is 0 Å². The normalized spacial score (nSPS) is 31.3. The zero-order valence-corrected chi connectivity index (χ0v) is 11.6. The van der Waals surface area contributed by atoms with Crippen LogP contribution in [0.15, 0.2) is 0 Å². The molecule has 2 N–H and O–H groups in total. The SMILES string of the molecule is CCN(CC1(CN)CCC(C)CC1)C(C)C. The lowest BCUT2D eigenvalue weighted by Crippen LogP contribution is -2.46. The van der Waals surface area contributed by atoms with Gasteiger partial charge in [0, 0.05) is 12.6 Å². The van der Waals surface area contributed by atoms with Crippen LogP contribution < -0.4 is 5.73 Å². The fraction of sp³-hybridized carbons (Fsp3) is 1.00. The molecule has 0 spiro atoms. The Morgan fingerprint density at radius 1 is 1.31 bits per heavy atom. The van der Waals surface area contributed by atoms with E-state index in [1.54, 1.807) is 0 Å². The van der Waals surface area contributed by atoms with Gasteiger partial charge in [0.25, 0.3) is 0 Å². The molecule has 0 unspecified atom stereocenters. The molecule has 0 heterocycles. The first-order valence-corrected chi connectivity index (χ1v) is 6.97. The van der Waals surface area contributed by atoms with Gasteiger partial charge in [-0.05, 0) is 51.1 Å². The van der Waals surface area contributed by atoms with Crippen LogP contribution in [0.25, 0.3) is 0 Å². The van der Waals surface area contributed by atoms with E-state index in [2.05, 4.69) is 32.6 Å². The maximum absolute atomic E-state index is 6.06. The number of hydrogen-bond acceptors (Lipinski definition) is 2. The summed E-state index contributed by atoms with van der Waals surface area (Å²) in [7, 11) is 0. The summed E-state index contributed by atoms with van der Waals surface area (Å²) in [5.41, 5.74) is 6.47.